The van der Waals surface area contributed by atoms with Gasteiger partial charge in [0.15, 0.2) is 0 Å². The third kappa shape index (κ3) is 4.78. The first-order chi connectivity index (χ1) is 16.6. The molecule has 0 bridgehead atoms. The zero-order valence-corrected chi connectivity index (χ0v) is 21.2. The van der Waals surface area contributed by atoms with Gasteiger partial charge in [-0.25, -0.2) is 0 Å². The van der Waals surface area contributed by atoms with Crippen molar-refractivity contribution in [1.29, 1.82) is 0 Å². The normalized spacial score (nSPS) is 25.9. The number of hydrogen-bond donors (Lipinski definition) is 2. The van der Waals surface area contributed by atoms with Crippen LogP contribution in [0.4, 0.5) is 0 Å². The number of amides is 1. The molecule has 1 aliphatic heterocycles. The SMILES string of the molecule is CCOC(=O)[C@@](c1ccc(Cl)cc1)(C1CC1)[C@H]1NC(=O)[C@](C)(CC(=O)O)C[C@@H]1c1cccc(Cl)c1. The summed E-state index contributed by atoms with van der Waals surface area (Å²) < 4.78 is 5.66. The van der Waals surface area contributed by atoms with E-state index in [9.17, 15) is 19.5 Å². The van der Waals surface area contributed by atoms with E-state index in [0.717, 1.165) is 24.0 Å². The van der Waals surface area contributed by atoms with Crippen LogP contribution in [0.2, 0.25) is 10.0 Å². The highest BCUT2D eigenvalue weighted by atomic mass is 35.5. The molecular formula is C27H29Cl2NO5. The molecule has 6 nitrogen and oxygen atoms in total. The Morgan fingerprint density at radius 1 is 1.14 bits per heavy atom. The standard InChI is InChI=1S/C27H29Cl2NO5/c1-3-35-25(34)27(17-7-8-17,18-9-11-19(28)12-10-18)23-21(16-5-4-6-20(29)13-16)14-26(2,15-22(31)32)24(33)30-23/h4-6,9-13,17,21,23H,3,7-8,14-15H2,1-2H3,(H,30,33)(H,31,32)/t21-,23+,26+,27-/m1/s1. The maximum atomic E-state index is 13.9. The van der Waals surface area contributed by atoms with Gasteiger partial charge in [-0.1, -0.05) is 54.4 Å². The Hall–Kier alpha value is -2.57. The van der Waals surface area contributed by atoms with Crippen LogP contribution >= 0.6 is 23.2 Å². The first-order valence-corrected chi connectivity index (χ1v) is 12.6. The highest BCUT2D eigenvalue weighted by molar-refractivity contribution is 6.30. The second kappa shape index (κ2) is 9.82. The Morgan fingerprint density at radius 3 is 2.40 bits per heavy atom. The van der Waals surface area contributed by atoms with Crippen LogP contribution in [0.1, 0.15) is 56.6 Å². The molecule has 2 N–H and O–H groups in total. The zero-order chi connectivity index (χ0) is 25.4. The molecule has 0 radical (unpaired) electrons. The number of piperidine rings is 1. The van der Waals surface area contributed by atoms with Crippen molar-refractivity contribution in [2.45, 2.75) is 56.9 Å². The summed E-state index contributed by atoms with van der Waals surface area (Å²) in [6.45, 7) is 3.62. The Bertz CT molecular complexity index is 1130. The highest BCUT2D eigenvalue weighted by Crippen LogP contribution is 2.56. The van der Waals surface area contributed by atoms with Crippen molar-refractivity contribution in [2.24, 2.45) is 11.3 Å². The Labute approximate surface area is 214 Å². The van der Waals surface area contributed by atoms with Gasteiger partial charge in [-0.05, 0) is 67.5 Å². The predicted molar refractivity (Wildman–Crippen MR) is 134 cm³/mol. The van der Waals surface area contributed by atoms with E-state index < -0.39 is 28.8 Å². The van der Waals surface area contributed by atoms with Gasteiger partial charge in [-0.2, -0.15) is 0 Å². The fourth-order valence-corrected chi connectivity index (χ4v) is 6.00. The maximum absolute atomic E-state index is 13.9. The van der Waals surface area contributed by atoms with Crippen molar-refractivity contribution in [2.75, 3.05) is 6.61 Å². The number of carboxylic acid groups (broad SMARTS) is 1. The summed E-state index contributed by atoms with van der Waals surface area (Å²) in [5, 5.41) is 13.7. The molecule has 4 atom stereocenters. The Balaban J connectivity index is 1.93. The molecule has 2 aromatic rings. The van der Waals surface area contributed by atoms with Crippen LogP contribution in [0.15, 0.2) is 48.5 Å². The minimum atomic E-state index is -1.16. The van der Waals surface area contributed by atoms with Crippen LogP contribution in [-0.2, 0) is 24.5 Å². The number of aliphatic carboxylic acids is 1. The summed E-state index contributed by atoms with van der Waals surface area (Å²) in [4.78, 5) is 39.1. The van der Waals surface area contributed by atoms with E-state index in [1.54, 1.807) is 32.0 Å². The first kappa shape index (κ1) is 25.5. The average Bonchev–Trinajstić information content (AvgIpc) is 3.63. The fourth-order valence-electron chi connectivity index (χ4n) is 5.67. The van der Waals surface area contributed by atoms with Gasteiger partial charge in [-0.15, -0.1) is 0 Å². The van der Waals surface area contributed by atoms with Crippen LogP contribution in [0.5, 0.6) is 0 Å². The molecule has 0 unspecified atom stereocenters. The third-order valence-corrected chi connectivity index (χ3v) is 7.86. The second-order valence-corrected chi connectivity index (χ2v) is 10.7. The van der Waals surface area contributed by atoms with Gasteiger partial charge in [-0.3, -0.25) is 14.4 Å². The summed E-state index contributed by atoms with van der Waals surface area (Å²) in [5.74, 6) is -2.26. The van der Waals surface area contributed by atoms with Crippen LogP contribution in [-0.4, -0.2) is 35.6 Å². The molecule has 4 rings (SSSR count). The molecule has 1 saturated heterocycles. The maximum Gasteiger partial charge on any atom is 0.318 e. The van der Waals surface area contributed by atoms with Gasteiger partial charge < -0.3 is 15.2 Å². The van der Waals surface area contributed by atoms with Crippen LogP contribution < -0.4 is 5.32 Å². The van der Waals surface area contributed by atoms with Crippen molar-refractivity contribution in [3.8, 4) is 0 Å². The quantitative estimate of drug-likeness (QED) is 0.460. The van der Waals surface area contributed by atoms with E-state index >= 15 is 0 Å². The minimum absolute atomic E-state index is 0.0430. The van der Waals surface area contributed by atoms with Crippen molar-refractivity contribution in [1.82, 2.24) is 5.32 Å². The Morgan fingerprint density at radius 2 is 1.83 bits per heavy atom. The van der Waals surface area contributed by atoms with E-state index in [2.05, 4.69) is 5.32 Å². The predicted octanol–water partition coefficient (Wildman–Crippen LogP) is 5.36. The lowest BCUT2D eigenvalue weighted by atomic mass is 9.59. The summed E-state index contributed by atoms with van der Waals surface area (Å²) in [7, 11) is 0. The molecule has 0 spiro atoms. The molecule has 2 fully saturated rings. The topological polar surface area (TPSA) is 92.7 Å². The van der Waals surface area contributed by atoms with Gasteiger partial charge >= 0.3 is 11.9 Å². The Kier molecular flexibility index (Phi) is 7.16. The molecular weight excluding hydrogens is 489 g/mol. The molecule has 35 heavy (non-hydrogen) atoms. The molecule has 1 aliphatic carbocycles. The number of esters is 1. The highest BCUT2D eigenvalue weighted by Gasteiger charge is 2.63. The van der Waals surface area contributed by atoms with Crippen LogP contribution in [0, 0.1) is 11.3 Å². The van der Waals surface area contributed by atoms with Crippen molar-refractivity contribution in [3.05, 3.63) is 69.7 Å². The number of hydrogen-bond acceptors (Lipinski definition) is 4. The van der Waals surface area contributed by atoms with Crippen LogP contribution in [0.25, 0.3) is 0 Å². The number of ether oxygens (including phenoxy) is 1. The summed E-state index contributed by atoms with van der Waals surface area (Å²) in [6, 6.07) is 13.8. The lowest BCUT2D eigenvalue weighted by Gasteiger charge is -2.50. The average molecular weight is 518 g/mol. The number of nitrogens with one attached hydrogen (secondary N) is 1. The molecule has 1 amide bonds. The van der Waals surface area contributed by atoms with E-state index in [1.165, 1.54) is 0 Å². The smallest absolute Gasteiger partial charge is 0.318 e. The van der Waals surface area contributed by atoms with Gasteiger partial charge in [0, 0.05) is 16.0 Å². The molecule has 1 heterocycles. The van der Waals surface area contributed by atoms with Crippen molar-refractivity contribution < 1.29 is 24.2 Å². The lowest BCUT2D eigenvalue weighted by molar-refractivity contribution is -0.157. The summed E-state index contributed by atoms with van der Waals surface area (Å²) in [5.41, 5.74) is -0.753. The van der Waals surface area contributed by atoms with E-state index in [4.69, 9.17) is 27.9 Å². The van der Waals surface area contributed by atoms with Gasteiger partial charge in [0.1, 0.15) is 5.41 Å². The van der Waals surface area contributed by atoms with E-state index in [1.807, 2.05) is 30.3 Å². The van der Waals surface area contributed by atoms with Crippen molar-refractivity contribution in [3.63, 3.8) is 0 Å². The lowest BCUT2D eigenvalue weighted by Crippen LogP contribution is -2.65. The van der Waals surface area contributed by atoms with Crippen LogP contribution in [0.3, 0.4) is 0 Å². The first-order valence-electron chi connectivity index (χ1n) is 11.8. The monoisotopic (exact) mass is 517 g/mol. The largest absolute Gasteiger partial charge is 0.481 e. The number of rotatable bonds is 8. The zero-order valence-electron chi connectivity index (χ0n) is 19.7. The second-order valence-electron chi connectivity index (χ2n) is 9.82. The van der Waals surface area contributed by atoms with Gasteiger partial charge in [0.25, 0.3) is 0 Å². The van der Waals surface area contributed by atoms with Gasteiger partial charge in [0.05, 0.1) is 24.5 Å². The van der Waals surface area contributed by atoms with Crippen molar-refractivity contribution >= 4 is 41.0 Å². The summed E-state index contributed by atoms with van der Waals surface area (Å²) >= 11 is 12.5. The number of carboxylic acids is 1. The third-order valence-electron chi connectivity index (χ3n) is 7.37. The summed E-state index contributed by atoms with van der Waals surface area (Å²) in [6.07, 6.45) is 1.54. The van der Waals surface area contributed by atoms with E-state index in [0.29, 0.717) is 10.0 Å². The number of carbonyl (C=O) groups excluding carboxylic acids is 2. The molecule has 2 aliphatic rings. The minimum Gasteiger partial charge on any atom is -0.481 e. The molecule has 1 saturated carbocycles. The van der Waals surface area contributed by atoms with E-state index in [-0.39, 0.29) is 37.2 Å². The fraction of sp³-hybridized carbons (Fsp3) is 0.444. The molecule has 186 valence electrons. The van der Waals surface area contributed by atoms with Gasteiger partial charge in [0.2, 0.25) is 5.91 Å². The number of carbonyl (C=O) groups is 3. The molecule has 8 heteroatoms. The molecule has 2 aromatic carbocycles. The number of benzene rings is 2. The number of halogens is 2. The molecule has 0 aromatic heterocycles.